The predicted octanol–water partition coefficient (Wildman–Crippen LogP) is 0.00610. The summed E-state index contributed by atoms with van der Waals surface area (Å²) < 4.78 is 11.1. The number of rotatable bonds is 2. The SMILES string of the molecule is CC1(C)OCC(NC2CCCNC2=O)CO1. The van der Waals surface area contributed by atoms with Gasteiger partial charge in [-0.15, -0.1) is 0 Å². The van der Waals surface area contributed by atoms with Crippen molar-refractivity contribution in [2.45, 2.75) is 44.6 Å². The van der Waals surface area contributed by atoms with Crippen molar-refractivity contribution in [3.8, 4) is 0 Å². The molecule has 2 saturated heterocycles. The summed E-state index contributed by atoms with van der Waals surface area (Å²) in [6.45, 7) is 5.78. The molecule has 92 valence electrons. The summed E-state index contributed by atoms with van der Waals surface area (Å²) in [4.78, 5) is 11.5. The largest absolute Gasteiger partial charge is 0.355 e. The highest BCUT2D eigenvalue weighted by Crippen LogP contribution is 2.17. The number of hydrogen-bond acceptors (Lipinski definition) is 4. The van der Waals surface area contributed by atoms with E-state index >= 15 is 0 Å². The maximum atomic E-state index is 11.5. The molecular weight excluding hydrogens is 208 g/mol. The minimum Gasteiger partial charge on any atom is -0.355 e. The summed E-state index contributed by atoms with van der Waals surface area (Å²) in [5.41, 5.74) is 0. The van der Waals surface area contributed by atoms with Gasteiger partial charge in [-0.3, -0.25) is 10.1 Å². The van der Waals surface area contributed by atoms with Crippen molar-refractivity contribution in [2.24, 2.45) is 0 Å². The molecule has 2 heterocycles. The van der Waals surface area contributed by atoms with Crippen LogP contribution in [-0.2, 0) is 14.3 Å². The molecule has 5 heteroatoms. The molecule has 16 heavy (non-hydrogen) atoms. The van der Waals surface area contributed by atoms with E-state index in [1.165, 1.54) is 0 Å². The zero-order chi connectivity index (χ0) is 11.6. The number of carbonyl (C=O) groups excluding carboxylic acids is 1. The van der Waals surface area contributed by atoms with Gasteiger partial charge in [-0.25, -0.2) is 0 Å². The van der Waals surface area contributed by atoms with Crippen LogP contribution in [0.15, 0.2) is 0 Å². The van der Waals surface area contributed by atoms with Gasteiger partial charge in [-0.2, -0.15) is 0 Å². The van der Waals surface area contributed by atoms with Crippen LogP contribution in [0.25, 0.3) is 0 Å². The monoisotopic (exact) mass is 228 g/mol. The standard InChI is InChI=1S/C11H20N2O3/c1-11(2)15-6-8(7-16-11)13-9-4-3-5-12-10(9)14/h8-9,13H,3-7H2,1-2H3,(H,12,14). The van der Waals surface area contributed by atoms with Crippen molar-refractivity contribution in [3.05, 3.63) is 0 Å². The Bertz CT molecular complexity index is 258. The molecule has 1 amide bonds. The van der Waals surface area contributed by atoms with E-state index in [0.29, 0.717) is 13.2 Å². The van der Waals surface area contributed by atoms with Gasteiger partial charge in [0, 0.05) is 6.54 Å². The molecule has 1 atom stereocenters. The molecule has 0 spiro atoms. The Balaban J connectivity index is 1.80. The molecule has 1 unspecified atom stereocenters. The summed E-state index contributed by atoms with van der Waals surface area (Å²) in [6, 6.07) is 0.0223. The van der Waals surface area contributed by atoms with Crippen molar-refractivity contribution >= 4 is 5.91 Å². The van der Waals surface area contributed by atoms with E-state index in [9.17, 15) is 4.79 Å². The Hall–Kier alpha value is -0.650. The molecule has 0 bridgehead atoms. The zero-order valence-electron chi connectivity index (χ0n) is 9.91. The van der Waals surface area contributed by atoms with Crippen LogP contribution in [0.1, 0.15) is 26.7 Å². The number of ether oxygens (including phenoxy) is 2. The fourth-order valence-corrected chi connectivity index (χ4v) is 2.00. The minimum atomic E-state index is -0.493. The third kappa shape index (κ3) is 2.93. The molecule has 2 fully saturated rings. The molecule has 5 nitrogen and oxygen atoms in total. The second kappa shape index (κ2) is 4.69. The van der Waals surface area contributed by atoms with Crippen molar-refractivity contribution < 1.29 is 14.3 Å². The molecule has 0 saturated carbocycles. The topological polar surface area (TPSA) is 59.6 Å². The van der Waals surface area contributed by atoms with E-state index in [4.69, 9.17) is 9.47 Å². The Morgan fingerprint density at radius 1 is 1.38 bits per heavy atom. The van der Waals surface area contributed by atoms with Gasteiger partial charge in [0.05, 0.1) is 25.3 Å². The second-order valence-electron chi connectivity index (χ2n) is 4.87. The molecule has 0 aromatic heterocycles. The van der Waals surface area contributed by atoms with Crippen molar-refractivity contribution in [3.63, 3.8) is 0 Å². The lowest BCUT2D eigenvalue weighted by atomic mass is 10.1. The van der Waals surface area contributed by atoms with Crippen molar-refractivity contribution in [1.29, 1.82) is 0 Å². The quantitative estimate of drug-likeness (QED) is 0.699. The molecule has 0 aromatic carbocycles. The summed E-state index contributed by atoms with van der Waals surface area (Å²) in [5.74, 6) is -0.399. The molecule has 0 aliphatic carbocycles. The van der Waals surface area contributed by atoms with E-state index in [2.05, 4.69) is 10.6 Å². The average molecular weight is 228 g/mol. The Morgan fingerprint density at radius 2 is 2.06 bits per heavy atom. The van der Waals surface area contributed by atoms with Crippen LogP contribution < -0.4 is 10.6 Å². The smallest absolute Gasteiger partial charge is 0.237 e. The van der Waals surface area contributed by atoms with Gasteiger partial charge in [0.2, 0.25) is 5.91 Å². The second-order valence-corrected chi connectivity index (χ2v) is 4.87. The van der Waals surface area contributed by atoms with Crippen molar-refractivity contribution in [2.75, 3.05) is 19.8 Å². The molecule has 2 N–H and O–H groups in total. The fourth-order valence-electron chi connectivity index (χ4n) is 2.00. The molecule has 2 aliphatic rings. The lowest BCUT2D eigenvalue weighted by molar-refractivity contribution is -0.253. The van der Waals surface area contributed by atoms with Crippen LogP contribution in [0.3, 0.4) is 0 Å². The summed E-state index contributed by atoms with van der Waals surface area (Å²) >= 11 is 0. The Kier molecular flexibility index (Phi) is 3.47. The first-order chi connectivity index (χ1) is 7.57. The number of amides is 1. The van der Waals surface area contributed by atoms with Gasteiger partial charge < -0.3 is 14.8 Å². The van der Waals surface area contributed by atoms with E-state index in [0.717, 1.165) is 19.4 Å². The molecule has 0 radical (unpaired) electrons. The number of hydrogen-bond donors (Lipinski definition) is 2. The van der Waals surface area contributed by atoms with Crippen molar-refractivity contribution in [1.82, 2.24) is 10.6 Å². The first-order valence-electron chi connectivity index (χ1n) is 5.88. The highest BCUT2D eigenvalue weighted by Gasteiger charge is 2.31. The summed E-state index contributed by atoms with van der Waals surface area (Å²) in [6.07, 6.45) is 1.93. The first kappa shape index (κ1) is 11.8. The highest BCUT2D eigenvalue weighted by molar-refractivity contribution is 5.82. The third-order valence-electron chi connectivity index (χ3n) is 2.99. The van der Waals surface area contributed by atoms with E-state index in [1.54, 1.807) is 0 Å². The zero-order valence-corrected chi connectivity index (χ0v) is 9.91. The van der Waals surface area contributed by atoms with E-state index in [1.807, 2.05) is 13.8 Å². The van der Waals surface area contributed by atoms with E-state index < -0.39 is 5.79 Å². The normalized spacial score (nSPS) is 31.1. The van der Waals surface area contributed by atoms with Crippen LogP contribution >= 0.6 is 0 Å². The number of carbonyl (C=O) groups is 1. The van der Waals surface area contributed by atoms with Crippen LogP contribution in [0.2, 0.25) is 0 Å². The maximum absolute atomic E-state index is 11.5. The summed E-state index contributed by atoms with van der Waals surface area (Å²) in [5, 5.41) is 6.14. The average Bonchev–Trinajstić information content (AvgIpc) is 2.24. The van der Waals surface area contributed by atoms with Crippen LogP contribution in [0, 0.1) is 0 Å². The lowest BCUT2D eigenvalue weighted by Gasteiger charge is -2.37. The van der Waals surface area contributed by atoms with Gasteiger partial charge >= 0.3 is 0 Å². The van der Waals surface area contributed by atoms with Crippen LogP contribution in [-0.4, -0.2) is 43.5 Å². The predicted molar refractivity (Wildman–Crippen MR) is 58.9 cm³/mol. The first-order valence-corrected chi connectivity index (χ1v) is 5.88. The highest BCUT2D eigenvalue weighted by atomic mass is 16.7. The fraction of sp³-hybridized carbons (Fsp3) is 0.909. The third-order valence-corrected chi connectivity index (χ3v) is 2.99. The number of piperidine rings is 1. The Labute approximate surface area is 95.9 Å². The minimum absolute atomic E-state index is 0.0906. The summed E-state index contributed by atoms with van der Waals surface area (Å²) in [7, 11) is 0. The Morgan fingerprint density at radius 3 is 2.69 bits per heavy atom. The van der Waals surface area contributed by atoms with Crippen LogP contribution in [0.4, 0.5) is 0 Å². The van der Waals surface area contributed by atoms with Gasteiger partial charge in [-0.1, -0.05) is 0 Å². The molecular formula is C11H20N2O3. The molecule has 2 rings (SSSR count). The van der Waals surface area contributed by atoms with Gasteiger partial charge in [-0.05, 0) is 26.7 Å². The lowest BCUT2D eigenvalue weighted by Crippen LogP contribution is -2.56. The van der Waals surface area contributed by atoms with E-state index in [-0.39, 0.29) is 18.0 Å². The number of nitrogens with one attached hydrogen (secondary N) is 2. The molecule has 2 aliphatic heterocycles. The molecule has 0 aromatic rings. The van der Waals surface area contributed by atoms with Gasteiger partial charge in [0.1, 0.15) is 0 Å². The van der Waals surface area contributed by atoms with Gasteiger partial charge in [0.25, 0.3) is 0 Å². The van der Waals surface area contributed by atoms with Crippen LogP contribution in [0.5, 0.6) is 0 Å². The van der Waals surface area contributed by atoms with Gasteiger partial charge in [0.15, 0.2) is 5.79 Å². The maximum Gasteiger partial charge on any atom is 0.237 e.